The van der Waals surface area contributed by atoms with Gasteiger partial charge in [0, 0.05) is 13.1 Å². The molecule has 7 heteroatoms. The van der Waals surface area contributed by atoms with Crippen molar-refractivity contribution in [1.82, 2.24) is 25.1 Å². The Kier molecular flexibility index (Phi) is 5.73. The number of hydrogen-bond donors (Lipinski definition) is 0. The van der Waals surface area contributed by atoms with E-state index in [1.54, 1.807) is 4.68 Å². The number of amides is 1. The van der Waals surface area contributed by atoms with Gasteiger partial charge in [-0.05, 0) is 60.4 Å². The van der Waals surface area contributed by atoms with E-state index >= 15 is 0 Å². The number of hydrogen-bond acceptors (Lipinski definition) is 5. The van der Waals surface area contributed by atoms with Gasteiger partial charge in [-0.1, -0.05) is 37.1 Å². The molecule has 25 heavy (non-hydrogen) atoms. The van der Waals surface area contributed by atoms with Crippen LogP contribution in [-0.2, 0) is 4.79 Å². The molecule has 0 spiro atoms. The van der Waals surface area contributed by atoms with Crippen LogP contribution in [-0.4, -0.2) is 49.9 Å². The van der Waals surface area contributed by atoms with Crippen LogP contribution in [0.1, 0.15) is 43.2 Å². The summed E-state index contributed by atoms with van der Waals surface area (Å²) >= 11 is 1.39. The minimum absolute atomic E-state index is 0.145. The first-order chi connectivity index (χ1) is 12.1. The molecule has 0 unspecified atom stereocenters. The lowest BCUT2D eigenvalue weighted by Gasteiger charge is -2.31. The van der Waals surface area contributed by atoms with Gasteiger partial charge in [-0.25, -0.2) is 0 Å². The third-order valence-electron chi connectivity index (χ3n) is 5.02. The smallest absolute Gasteiger partial charge is 0.233 e. The molecule has 1 saturated carbocycles. The van der Waals surface area contributed by atoms with E-state index in [4.69, 9.17) is 0 Å². The van der Waals surface area contributed by atoms with Gasteiger partial charge in [0.2, 0.25) is 11.1 Å². The van der Waals surface area contributed by atoms with Gasteiger partial charge in [-0.15, -0.1) is 5.10 Å². The predicted molar refractivity (Wildman–Crippen MR) is 99.0 cm³/mol. The molecule has 1 aromatic carbocycles. The summed E-state index contributed by atoms with van der Waals surface area (Å²) in [5.74, 6) is 0.504. The second-order valence-corrected chi connectivity index (χ2v) is 7.67. The van der Waals surface area contributed by atoms with Crippen LogP contribution in [0.2, 0.25) is 0 Å². The number of carbonyl (C=O) groups excluding carboxylic acids is 1. The number of carbonyl (C=O) groups is 1. The number of tetrazole rings is 1. The van der Waals surface area contributed by atoms with E-state index in [0.29, 0.717) is 17.0 Å². The van der Waals surface area contributed by atoms with E-state index in [0.717, 1.165) is 18.5 Å². The molecule has 0 radical (unpaired) electrons. The van der Waals surface area contributed by atoms with Crippen LogP contribution in [0.25, 0.3) is 5.69 Å². The number of aryl methyl sites for hydroxylation is 2. The fraction of sp³-hybridized carbons (Fsp3) is 0.556. The Hall–Kier alpha value is -1.89. The molecule has 0 saturated heterocycles. The fourth-order valence-electron chi connectivity index (χ4n) is 3.19. The second-order valence-electron chi connectivity index (χ2n) is 6.73. The molecule has 0 aliphatic heterocycles. The Morgan fingerprint density at radius 2 is 2.00 bits per heavy atom. The Bertz CT molecular complexity index is 739. The largest absolute Gasteiger partial charge is 0.342 e. The SMILES string of the molecule is Cc1ccc(-n2nnnc2SCC(=O)N(C)C2CCCCC2)cc1C. The number of thioether (sulfide) groups is 1. The van der Waals surface area contributed by atoms with Gasteiger partial charge in [0.25, 0.3) is 0 Å². The highest BCUT2D eigenvalue weighted by Gasteiger charge is 2.22. The lowest BCUT2D eigenvalue weighted by Crippen LogP contribution is -2.39. The van der Waals surface area contributed by atoms with Crippen molar-refractivity contribution in [3.05, 3.63) is 29.3 Å². The molecule has 1 fully saturated rings. The van der Waals surface area contributed by atoms with Crippen molar-refractivity contribution >= 4 is 17.7 Å². The van der Waals surface area contributed by atoms with Crippen LogP contribution in [0.4, 0.5) is 0 Å². The minimum atomic E-state index is 0.145. The quantitative estimate of drug-likeness (QED) is 0.767. The van der Waals surface area contributed by atoms with Crippen LogP contribution in [0.3, 0.4) is 0 Å². The highest BCUT2D eigenvalue weighted by molar-refractivity contribution is 7.99. The summed E-state index contributed by atoms with van der Waals surface area (Å²) in [4.78, 5) is 14.4. The molecule has 1 aliphatic carbocycles. The average molecular weight is 359 g/mol. The van der Waals surface area contributed by atoms with E-state index in [1.165, 1.54) is 42.2 Å². The maximum Gasteiger partial charge on any atom is 0.233 e. The standard InChI is InChI=1S/C18H25N5OS/c1-13-9-10-16(11-14(13)2)23-18(19-20-21-23)25-12-17(24)22(3)15-7-5-4-6-8-15/h9-11,15H,4-8,12H2,1-3H3. The van der Waals surface area contributed by atoms with Crippen molar-refractivity contribution in [3.8, 4) is 5.69 Å². The van der Waals surface area contributed by atoms with Gasteiger partial charge in [0.05, 0.1) is 11.4 Å². The monoisotopic (exact) mass is 359 g/mol. The Morgan fingerprint density at radius 1 is 1.24 bits per heavy atom. The molecule has 0 bridgehead atoms. The number of benzene rings is 1. The van der Waals surface area contributed by atoms with Crippen LogP contribution in [0, 0.1) is 13.8 Å². The summed E-state index contributed by atoms with van der Waals surface area (Å²) in [7, 11) is 1.92. The van der Waals surface area contributed by atoms with Crippen LogP contribution in [0.5, 0.6) is 0 Å². The van der Waals surface area contributed by atoms with Crippen molar-refractivity contribution in [2.45, 2.75) is 57.1 Å². The lowest BCUT2D eigenvalue weighted by atomic mass is 9.94. The summed E-state index contributed by atoms with van der Waals surface area (Å²) in [6.07, 6.45) is 5.97. The Labute approximate surface area is 153 Å². The Morgan fingerprint density at radius 3 is 2.72 bits per heavy atom. The number of aromatic nitrogens is 4. The van der Waals surface area contributed by atoms with Gasteiger partial charge >= 0.3 is 0 Å². The zero-order valence-electron chi connectivity index (χ0n) is 15.1. The van der Waals surface area contributed by atoms with Crippen molar-refractivity contribution in [1.29, 1.82) is 0 Å². The molecular formula is C18H25N5OS. The first-order valence-corrected chi connectivity index (χ1v) is 9.79. The molecule has 1 aliphatic rings. The van der Waals surface area contributed by atoms with E-state index in [-0.39, 0.29) is 5.91 Å². The molecule has 0 N–H and O–H groups in total. The van der Waals surface area contributed by atoms with Gasteiger partial charge < -0.3 is 4.90 Å². The van der Waals surface area contributed by atoms with E-state index in [2.05, 4.69) is 41.5 Å². The molecule has 1 amide bonds. The molecule has 1 heterocycles. The van der Waals surface area contributed by atoms with Gasteiger partial charge in [-0.2, -0.15) is 4.68 Å². The first-order valence-electron chi connectivity index (χ1n) is 8.80. The van der Waals surface area contributed by atoms with Crippen molar-refractivity contribution < 1.29 is 4.79 Å². The molecule has 1 aromatic heterocycles. The third kappa shape index (κ3) is 4.21. The molecule has 134 valence electrons. The summed E-state index contributed by atoms with van der Waals surface area (Å²) in [6.45, 7) is 4.15. The third-order valence-corrected chi connectivity index (χ3v) is 5.92. The van der Waals surface area contributed by atoms with E-state index < -0.39 is 0 Å². The average Bonchev–Trinajstić information content (AvgIpc) is 3.10. The minimum Gasteiger partial charge on any atom is -0.342 e. The summed E-state index contributed by atoms with van der Waals surface area (Å²) in [6, 6.07) is 6.50. The molecule has 0 atom stereocenters. The molecule has 6 nitrogen and oxygen atoms in total. The number of nitrogens with zero attached hydrogens (tertiary/aromatic N) is 5. The predicted octanol–water partition coefficient (Wildman–Crippen LogP) is 3.16. The van der Waals surface area contributed by atoms with Crippen LogP contribution >= 0.6 is 11.8 Å². The normalized spacial score (nSPS) is 15.3. The van der Waals surface area contributed by atoms with Crippen LogP contribution in [0.15, 0.2) is 23.4 Å². The zero-order valence-corrected chi connectivity index (χ0v) is 15.9. The maximum absolute atomic E-state index is 12.5. The first kappa shape index (κ1) is 17.9. The van der Waals surface area contributed by atoms with Crippen LogP contribution < -0.4 is 0 Å². The second kappa shape index (κ2) is 7.99. The molecular weight excluding hydrogens is 334 g/mol. The number of rotatable bonds is 5. The van der Waals surface area contributed by atoms with Gasteiger partial charge in [0.1, 0.15) is 0 Å². The van der Waals surface area contributed by atoms with Crippen molar-refractivity contribution in [2.75, 3.05) is 12.8 Å². The highest BCUT2D eigenvalue weighted by Crippen LogP contribution is 2.24. The van der Waals surface area contributed by atoms with Gasteiger partial charge in [0.15, 0.2) is 0 Å². The van der Waals surface area contributed by atoms with Gasteiger partial charge in [-0.3, -0.25) is 4.79 Å². The molecule has 3 rings (SSSR count). The zero-order chi connectivity index (χ0) is 17.8. The summed E-state index contributed by atoms with van der Waals surface area (Å²) in [5, 5.41) is 12.6. The maximum atomic E-state index is 12.5. The van der Waals surface area contributed by atoms with Crippen molar-refractivity contribution in [3.63, 3.8) is 0 Å². The van der Waals surface area contributed by atoms with E-state index in [9.17, 15) is 4.79 Å². The van der Waals surface area contributed by atoms with E-state index in [1.807, 2.05) is 18.0 Å². The summed E-state index contributed by atoms with van der Waals surface area (Å²) in [5.41, 5.74) is 3.34. The lowest BCUT2D eigenvalue weighted by molar-refractivity contribution is -0.129. The topological polar surface area (TPSA) is 63.9 Å². The highest BCUT2D eigenvalue weighted by atomic mass is 32.2. The molecule has 2 aromatic rings. The fourth-order valence-corrected chi connectivity index (χ4v) is 4.00. The Balaban J connectivity index is 1.65. The van der Waals surface area contributed by atoms with Crippen molar-refractivity contribution in [2.24, 2.45) is 0 Å². The summed E-state index contributed by atoms with van der Waals surface area (Å²) < 4.78 is 1.70.